The van der Waals surface area contributed by atoms with Gasteiger partial charge in [-0.1, -0.05) is 11.6 Å². The van der Waals surface area contributed by atoms with Crippen molar-refractivity contribution in [1.82, 2.24) is 0 Å². The Bertz CT molecular complexity index is 491. The maximum absolute atomic E-state index is 12.1. The lowest BCUT2D eigenvalue weighted by Crippen LogP contribution is -1.98. The fraction of sp³-hybridized carbons (Fsp3) is 0.182. The van der Waals surface area contributed by atoms with Crippen LogP contribution in [0.3, 0.4) is 0 Å². The Balaban J connectivity index is 2.41. The number of aryl methyl sites for hydroxylation is 2. The Morgan fingerprint density at radius 3 is 2.47 bits per heavy atom. The number of carbonyl (C=O) groups excluding carboxylic acids is 1. The van der Waals surface area contributed by atoms with Crippen LogP contribution in [-0.2, 0) is 0 Å². The maximum Gasteiger partial charge on any atom is 0.204 e. The van der Waals surface area contributed by atoms with Gasteiger partial charge in [0, 0.05) is 10.9 Å². The summed E-state index contributed by atoms with van der Waals surface area (Å²) in [5.74, 6) is 0.0775. The Morgan fingerprint density at radius 1 is 1.27 bits per heavy atom. The summed E-state index contributed by atoms with van der Waals surface area (Å²) < 4.78 is 0.700. The van der Waals surface area contributed by atoms with E-state index in [0.29, 0.717) is 4.34 Å². The molecule has 78 valence electrons. The Labute approximate surface area is 101 Å². The maximum atomic E-state index is 12.1. The van der Waals surface area contributed by atoms with Gasteiger partial charge < -0.3 is 0 Å². The van der Waals surface area contributed by atoms with Crippen molar-refractivity contribution in [3.05, 3.63) is 42.7 Å². The zero-order valence-electron chi connectivity index (χ0n) is 8.33. The predicted octanol–water partition coefficient (Wildman–Crippen LogP) is 4.31. The van der Waals surface area contributed by atoms with Crippen LogP contribution in [-0.4, -0.2) is 5.78 Å². The number of rotatable bonds is 2. The average molecular weight is 257 g/mol. The smallest absolute Gasteiger partial charge is 0.204 e. The van der Waals surface area contributed by atoms with Crippen molar-refractivity contribution in [2.75, 3.05) is 0 Å². The Morgan fingerprint density at radius 2 is 2.00 bits per heavy atom. The van der Waals surface area contributed by atoms with Gasteiger partial charge in [0.2, 0.25) is 5.78 Å². The summed E-state index contributed by atoms with van der Waals surface area (Å²) in [5.41, 5.74) is 2.79. The predicted molar refractivity (Wildman–Crippen MR) is 66.6 cm³/mol. The molecule has 0 aromatic carbocycles. The highest BCUT2D eigenvalue weighted by Gasteiger charge is 2.15. The average Bonchev–Trinajstić information content (AvgIpc) is 2.74. The van der Waals surface area contributed by atoms with Crippen molar-refractivity contribution in [2.45, 2.75) is 13.8 Å². The number of halogens is 1. The second-order valence-electron chi connectivity index (χ2n) is 3.36. The number of hydrogen-bond acceptors (Lipinski definition) is 3. The van der Waals surface area contributed by atoms with Gasteiger partial charge in [-0.2, -0.15) is 11.3 Å². The molecule has 0 radical (unpaired) electrons. The van der Waals surface area contributed by atoms with E-state index in [1.54, 1.807) is 11.3 Å². The van der Waals surface area contributed by atoms with Crippen molar-refractivity contribution >= 4 is 40.1 Å². The van der Waals surface area contributed by atoms with E-state index in [2.05, 4.69) is 0 Å². The summed E-state index contributed by atoms with van der Waals surface area (Å²) in [6.45, 7) is 3.86. The number of hydrogen-bond donors (Lipinski definition) is 0. The van der Waals surface area contributed by atoms with Crippen LogP contribution < -0.4 is 0 Å². The van der Waals surface area contributed by atoms with Crippen molar-refractivity contribution < 1.29 is 4.79 Å². The minimum absolute atomic E-state index is 0.0775. The molecule has 0 aliphatic rings. The standard InChI is InChI=1S/C11H9ClOS2/c1-6-3-9(15-11(6)12)10(13)8-5-14-4-7(8)2/h3-5H,1-2H3. The molecule has 2 heterocycles. The van der Waals surface area contributed by atoms with E-state index in [1.807, 2.05) is 30.7 Å². The Hall–Kier alpha value is -0.640. The van der Waals surface area contributed by atoms with E-state index in [9.17, 15) is 4.79 Å². The van der Waals surface area contributed by atoms with Crippen LogP contribution >= 0.6 is 34.3 Å². The van der Waals surface area contributed by atoms with Crippen molar-refractivity contribution in [1.29, 1.82) is 0 Å². The molecule has 0 atom stereocenters. The van der Waals surface area contributed by atoms with Crippen LogP contribution in [0.25, 0.3) is 0 Å². The molecule has 0 fully saturated rings. The van der Waals surface area contributed by atoms with Crippen molar-refractivity contribution in [3.63, 3.8) is 0 Å². The van der Waals surface area contributed by atoms with Gasteiger partial charge in [0.1, 0.15) is 0 Å². The molecule has 0 saturated heterocycles. The van der Waals surface area contributed by atoms with Gasteiger partial charge in [-0.3, -0.25) is 4.79 Å². The van der Waals surface area contributed by atoms with Crippen LogP contribution in [0.15, 0.2) is 16.8 Å². The van der Waals surface area contributed by atoms with E-state index in [-0.39, 0.29) is 5.78 Å². The highest BCUT2D eigenvalue weighted by atomic mass is 35.5. The zero-order valence-corrected chi connectivity index (χ0v) is 10.7. The summed E-state index contributed by atoms with van der Waals surface area (Å²) in [6, 6.07) is 1.85. The number of carbonyl (C=O) groups is 1. The van der Waals surface area contributed by atoms with Gasteiger partial charge >= 0.3 is 0 Å². The normalized spacial score (nSPS) is 10.6. The largest absolute Gasteiger partial charge is 0.288 e. The fourth-order valence-corrected chi connectivity index (χ4v) is 3.28. The summed E-state index contributed by atoms with van der Waals surface area (Å²) in [5, 5.41) is 3.87. The third kappa shape index (κ3) is 2.00. The molecular weight excluding hydrogens is 248 g/mol. The molecular formula is C11H9ClOS2. The molecule has 0 unspecified atom stereocenters. The van der Waals surface area contributed by atoms with Crippen molar-refractivity contribution in [3.8, 4) is 0 Å². The first kappa shape index (κ1) is 10.9. The molecule has 0 amide bonds. The first-order chi connectivity index (χ1) is 7.09. The first-order valence-corrected chi connectivity index (χ1v) is 6.56. The Kier molecular flexibility index (Phi) is 2.96. The topological polar surface area (TPSA) is 17.1 Å². The molecule has 2 rings (SSSR count). The lowest BCUT2D eigenvalue weighted by atomic mass is 10.1. The van der Waals surface area contributed by atoms with Gasteiger partial charge in [-0.05, 0) is 36.4 Å². The van der Waals surface area contributed by atoms with Crippen LogP contribution in [0.5, 0.6) is 0 Å². The van der Waals surface area contributed by atoms with Crippen LogP contribution in [0, 0.1) is 13.8 Å². The highest BCUT2D eigenvalue weighted by molar-refractivity contribution is 7.18. The van der Waals surface area contributed by atoms with E-state index in [4.69, 9.17) is 11.6 Å². The number of ketones is 1. The van der Waals surface area contributed by atoms with Crippen LogP contribution in [0.1, 0.15) is 26.4 Å². The van der Waals surface area contributed by atoms with Gasteiger partial charge in [0.25, 0.3) is 0 Å². The lowest BCUT2D eigenvalue weighted by molar-refractivity contribution is 0.104. The third-order valence-corrected chi connectivity index (χ3v) is 4.60. The molecule has 2 aromatic heterocycles. The van der Waals surface area contributed by atoms with E-state index < -0.39 is 0 Å². The van der Waals surface area contributed by atoms with E-state index >= 15 is 0 Å². The molecule has 0 spiro atoms. The molecule has 15 heavy (non-hydrogen) atoms. The van der Waals surface area contributed by atoms with Crippen LogP contribution in [0.2, 0.25) is 4.34 Å². The second-order valence-corrected chi connectivity index (χ2v) is 5.76. The summed E-state index contributed by atoms with van der Waals surface area (Å²) in [4.78, 5) is 12.8. The number of thiophene rings is 2. The summed E-state index contributed by atoms with van der Waals surface area (Å²) in [7, 11) is 0. The van der Waals surface area contributed by atoms with Gasteiger partial charge in [0.05, 0.1) is 9.21 Å². The molecule has 4 heteroatoms. The van der Waals surface area contributed by atoms with E-state index in [0.717, 1.165) is 21.6 Å². The monoisotopic (exact) mass is 256 g/mol. The highest BCUT2D eigenvalue weighted by Crippen LogP contribution is 2.29. The lowest BCUT2D eigenvalue weighted by Gasteiger charge is -1.95. The molecule has 1 nitrogen and oxygen atoms in total. The molecule has 0 bridgehead atoms. The van der Waals surface area contributed by atoms with Gasteiger partial charge in [-0.25, -0.2) is 0 Å². The minimum Gasteiger partial charge on any atom is -0.288 e. The zero-order chi connectivity index (χ0) is 11.0. The molecule has 0 aliphatic heterocycles. The molecule has 0 aliphatic carbocycles. The summed E-state index contributed by atoms with van der Waals surface area (Å²) >= 11 is 8.84. The second kappa shape index (κ2) is 4.08. The minimum atomic E-state index is 0.0775. The molecule has 0 saturated carbocycles. The van der Waals surface area contributed by atoms with Gasteiger partial charge in [-0.15, -0.1) is 11.3 Å². The fourth-order valence-electron chi connectivity index (χ4n) is 1.30. The van der Waals surface area contributed by atoms with Gasteiger partial charge in [0.15, 0.2) is 0 Å². The van der Waals surface area contributed by atoms with E-state index in [1.165, 1.54) is 11.3 Å². The van der Waals surface area contributed by atoms with Crippen LogP contribution in [0.4, 0.5) is 0 Å². The van der Waals surface area contributed by atoms with Crippen molar-refractivity contribution in [2.24, 2.45) is 0 Å². The molecule has 2 aromatic rings. The SMILES string of the molecule is Cc1cscc1C(=O)c1cc(C)c(Cl)s1. The third-order valence-electron chi connectivity index (χ3n) is 2.18. The first-order valence-electron chi connectivity index (χ1n) is 4.43. The quantitative estimate of drug-likeness (QED) is 0.732. The summed E-state index contributed by atoms with van der Waals surface area (Å²) in [6.07, 6.45) is 0. The molecule has 0 N–H and O–H groups in total.